The first-order valence-electron chi connectivity index (χ1n) is 7.61. The fourth-order valence-electron chi connectivity index (χ4n) is 2.69. The van der Waals surface area contributed by atoms with E-state index in [1.54, 1.807) is 12.1 Å². The molecule has 0 heterocycles. The van der Waals surface area contributed by atoms with Gasteiger partial charge in [-0.3, -0.25) is 4.79 Å². The molecular weight excluding hydrogens is 340 g/mol. The van der Waals surface area contributed by atoms with Crippen LogP contribution in [0.25, 0.3) is 11.1 Å². The van der Waals surface area contributed by atoms with E-state index in [0.29, 0.717) is 34.7 Å². The molecule has 0 bridgehead atoms. The molecule has 0 amide bonds. The average molecular weight is 360 g/mol. The number of benzene rings is 2. The van der Waals surface area contributed by atoms with Crippen LogP contribution in [0, 0.1) is 0 Å². The van der Waals surface area contributed by atoms with E-state index in [-0.39, 0.29) is 16.9 Å². The summed E-state index contributed by atoms with van der Waals surface area (Å²) in [5.41, 5.74) is 1.33. The van der Waals surface area contributed by atoms with Crippen LogP contribution in [0.4, 0.5) is 0 Å². The summed E-state index contributed by atoms with van der Waals surface area (Å²) in [4.78, 5) is 24.0. The lowest BCUT2D eigenvalue weighted by atomic mass is 9.93. The van der Waals surface area contributed by atoms with Gasteiger partial charge in [-0.2, -0.15) is 0 Å². The zero-order chi connectivity index (χ0) is 19.3. The molecule has 0 aliphatic carbocycles. The average Bonchev–Trinajstić information content (AvgIpc) is 2.70. The highest BCUT2D eigenvalue weighted by atomic mass is 16.5. The molecule has 0 aliphatic rings. The molecular formula is C19H20O7. The van der Waals surface area contributed by atoms with E-state index in [1.165, 1.54) is 47.7 Å². The summed E-state index contributed by atoms with van der Waals surface area (Å²) >= 11 is 0. The first-order chi connectivity index (χ1) is 12.6. The van der Waals surface area contributed by atoms with Gasteiger partial charge in [0.05, 0.1) is 41.1 Å². The molecule has 0 unspecified atom stereocenters. The summed E-state index contributed by atoms with van der Waals surface area (Å²) in [6, 6.07) is 6.38. The smallest absolute Gasteiger partial charge is 0.338 e. The third-order valence-electron chi connectivity index (χ3n) is 3.89. The highest BCUT2D eigenvalue weighted by Gasteiger charge is 2.25. The van der Waals surface area contributed by atoms with Crippen LogP contribution < -0.4 is 18.9 Å². The number of methoxy groups -OCH3 is 5. The Kier molecular flexibility index (Phi) is 6.06. The molecule has 7 heteroatoms. The van der Waals surface area contributed by atoms with Crippen molar-refractivity contribution in [3.8, 4) is 34.1 Å². The number of carbonyl (C=O) groups excluding carboxylic acids is 2. The van der Waals surface area contributed by atoms with Crippen molar-refractivity contribution in [2.45, 2.75) is 0 Å². The maximum absolute atomic E-state index is 12.3. The fraction of sp³-hybridized carbons (Fsp3) is 0.263. The zero-order valence-corrected chi connectivity index (χ0v) is 15.2. The van der Waals surface area contributed by atoms with Gasteiger partial charge in [0, 0.05) is 16.7 Å². The third kappa shape index (κ3) is 3.28. The lowest BCUT2D eigenvalue weighted by molar-refractivity contribution is 0.0601. The number of ether oxygens (including phenoxy) is 5. The molecule has 7 nitrogen and oxygen atoms in total. The van der Waals surface area contributed by atoms with Gasteiger partial charge in [-0.05, 0) is 24.3 Å². The van der Waals surface area contributed by atoms with Crippen molar-refractivity contribution in [1.29, 1.82) is 0 Å². The summed E-state index contributed by atoms with van der Waals surface area (Å²) < 4.78 is 26.2. The van der Waals surface area contributed by atoms with Crippen molar-refractivity contribution >= 4 is 12.3 Å². The molecule has 0 N–H and O–H groups in total. The minimum absolute atomic E-state index is 0.223. The van der Waals surface area contributed by atoms with Crippen LogP contribution in [0.15, 0.2) is 24.3 Å². The van der Waals surface area contributed by atoms with Crippen molar-refractivity contribution in [2.24, 2.45) is 0 Å². The summed E-state index contributed by atoms with van der Waals surface area (Å²) in [6.45, 7) is 0. The fourth-order valence-corrected chi connectivity index (χ4v) is 2.69. The van der Waals surface area contributed by atoms with Crippen molar-refractivity contribution in [2.75, 3.05) is 35.5 Å². The topological polar surface area (TPSA) is 80.3 Å². The van der Waals surface area contributed by atoms with Crippen LogP contribution in [0.3, 0.4) is 0 Å². The van der Waals surface area contributed by atoms with Gasteiger partial charge in [-0.25, -0.2) is 4.79 Å². The van der Waals surface area contributed by atoms with Gasteiger partial charge < -0.3 is 23.7 Å². The van der Waals surface area contributed by atoms with E-state index >= 15 is 0 Å². The predicted molar refractivity (Wildman–Crippen MR) is 94.8 cm³/mol. The summed E-state index contributed by atoms with van der Waals surface area (Å²) in [5, 5.41) is 0. The Hall–Kier alpha value is -3.22. The SMILES string of the molecule is COC(=O)c1cc(OC)ccc1-c1c(C=O)cc(OC)c(OC)c1OC. The largest absolute Gasteiger partial charge is 0.497 e. The molecule has 0 fully saturated rings. The molecule has 2 aromatic carbocycles. The van der Waals surface area contributed by atoms with Gasteiger partial charge in [0.25, 0.3) is 0 Å². The molecule has 0 atom stereocenters. The first-order valence-corrected chi connectivity index (χ1v) is 7.61. The Morgan fingerprint density at radius 2 is 1.58 bits per heavy atom. The molecule has 0 aromatic heterocycles. The van der Waals surface area contributed by atoms with Crippen molar-refractivity contribution < 1.29 is 33.3 Å². The number of hydrogen-bond donors (Lipinski definition) is 0. The quantitative estimate of drug-likeness (QED) is 0.555. The maximum atomic E-state index is 12.3. The van der Waals surface area contributed by atoms with Crippen molar-refractivity contribution in [1.82, 2.24) is 0 Å². The van der Waals surface area contributed by atoms with Crippen LogP contribution in [0.5, 0.6) is 23.0 Å². The molecule has 0 saturated carbocycles. The summed E-state index contributed by atoms with van der Waals surface area (Å²) in [5.74, 6) is 0.809. The van der Waals surface area contributed by atoms with E-state index in [9.17, 15) is 9.59 Å². The Bertz CT molecular complexity index is 827. The van der Waals surface area contributed by atoms with E-state index in [0.717, 1.165) is 0 Å². The predicted octanol–water partition coefficient (Wildman–Crippen LogP) is 2.99. The summed E-state index contributed by atoms with van der Waals surface area (Å²) in [6.07, 6.45) is 0.658. The molecule has 0 spiro atoms. The zero-order valence-electron chi connectivity index (χ0n) is 15.2. The second-order valence-corrected chi connectivity index (χ2v) is 5.13. The van der Waals surface area contributed by atoms with E-state index < -0.39 is 5.97 Å². The third-order valence-corrected chi connectivity index (χ3v) is 3.89. The number of carbonyl (C=O) groups is 2. The molecule has 2 rings (SSSR count). The number of esters is 1. The minimum Gasteiger partial charge on any atom is -0.497 e. The Morgan fingerprint density at radius 3 is 2.08 bits per heavy atom. The molecule has 0 saturated heterocycles. The van der Waals surface area contributed by atoms with Crippen molar-refractivity contribution in [3.63, 3.8) is 0 Å². The highest BCUT2D eigenvalue weighted by molar-refractivity contribution is 6.03. The maximum Gasteiger partial charge on any atom is 0.338 e. The van der Waals surface area contributed by atoms with Gasteiger partial charge in [0.2, 0.25) is 5.75 Å². The van der Waals surface area contributed by atoms with E-state index in [1.807, 2.05) is 0 Å². The molecule has 138 valence electrons. The molecule has 0 aliphatic heterocycles. The van der Waals surface area contributed by atoms with Crippen LogP contribution in [0.2, 0.25) is 0 Å². The normalized spacial score (nSPS) is 10.0. The summed E-state index contributed by atoms with van der Waals surface area (Å²) in [7, 11) is 7.12. The van der Waals surface area contributed by atoms with Crippen molar-refractivity contribution in [3.05, 3.63) is 35.4 Å². The van der Waals surface area contributed by atoms with Gasteiger partial charge in [-0.15, -0.1) is 0 Å². The highest BCUT2D eigenvalue weighted by Crippen LogP contribution is 2.47. The number of rotatable bonds is 7. The molecule has 2 aromatic rings. The second kappa shape index (κ2) is 8.24. The minimum atomic E-state index is -0.576. The van der Waals surface area contributed by atoms with Gasteiger partial charge in [0.1, 0.15) is 5.75 Å². The van der Waals surface area contributed by atoms with E-state index in [4.69, 9.17) is 23.7 Å². The number of aldehydes is 1. The lowest BCUT2D eigenvalue weighted by Crippen LogP contribution is -2.07. The van der Waals surface area contributed by atoms with Crippen LogP contribution in [-0.4, -0.2) is 47.8 Å². The molecule has 0 radical (unpaired) electrons. The van der Waals surface area contributed by atoms with Gasteiger partial charge in [0.15, 0.2) is 17.8 Å². The standard InChI is InChI=1S/C19H20O7/c1-22-12-6-7-13(14(9-12)19(21)26-5)16-11(10-20)8-15(23-2)17(24-3)18(16)25-4/h6-10H,1-5H3. The van der Waals surface area contributed by atoms with Crippen LogP contribution >= 0.6 is 0 Å². The Morgan fingerprint density at radius 1 is 0.885 bits per heavy atom. The molecule has 26 heavy (non-hydrogen) atoms. The van der Waals surface area contributed by atoms with Crippen LogP contribution in [-0.2, 0) is 4.74 Å². The first kappa shape index (κ1) is 19.1. The second-order valence-electron chi connectivity index (χ2n) is 5.13. The Labute approximate surface area is 151 Å². The van der Waals surface area contributed by atoms with Crippen LogP contribution in [0.1, 0.15) is 20.7 Å². The van der Waals surface area contributed by atoms with Gasteiger partial charge in [-0.1, -0.05) is 0 Å². The van der Waals surface area contributed by atoms with E-state index in [2.05, 4.69) is 0 Å². The lowest BCUT2D eigenvalue weighted by Gasteiger charge is -2.19. The van der Waals surface area contributed by atoms with Gasteiger partial charge >= 0.3 is 5.97 Å². The Balaban J connectivity index is 2.91. The monoisotopic (exact) mass is 360 g/mol. The number of hydrogen-bond acceptors (Lipinski definition) is 7.